The van der Waals surface area contributed by atoms with Gasteiger partial charge in [0, 0.05) is 23.3 Å². The lowest BCUT2D eigenvalue weighted by atomic mass is 10.1. The van der Waals surface area contributed by atoms with Gasteiger partial charge in [-0.25, -0.2) is 5.43 Å². The monoisotopic (exact) mass is 327 g/mol. The Balaban J connectivity index is 2.07. The third-order valence-electron chi connectivity index (χ3n) is 3.23. The smallest absolute Gasteiger partial charge is 0.271 e. The van der Waals surface area contributed by atoms with Crippen molar-refractivity contribution in [1.29, 1.82) is 0 Å². The van der Waals surface area contributed by atoms with Gasteiger partial charge in [-0.05, 0) is 38.1 Å². The van der Waals surface area contributed by atoms with Gasteiger partial charge in [0.1, 0.15) is 5.75 Å². The number of carbonyl (C=O) groups excluding carboxylic acids is 1. The number of nitrogens with one attached hydrogen (secondary N) is 1. The second kappa shape index (κ2) is 7.87. The molecular formula is C17H17N3O4. The Hall–Kier alpha value is -3.22. The van der Waals surface area contributed by atoms with E-state index in [9.17, 15) is 14.9 Å². The molecule has 7 nitrogen and oxygen atoms in total. The lowest BCUT2D eigenvalue weighted by Gasteiger charge is -2.05. The number of hydrogen-bond acceptors (Lipinski definition) is 5. The Bertz CT molecular complexity index is 770. The average Bonchev–Trinajstić information content (AvgIpc) is 2.60. The number of hydrogen-bond donors (Lipinski definition) is 1. The molecule has 24 heavy (non-hydrogen) atoms. The molecule has 124 valence electrons. The number of carbonyl (C=O) groups is 1. The van der Waals surface area contributed by atoms with Crippen LogP contribution in [0.2, 0.25) is 0 Å². The third-order valence-corrected chi connectivity index (χ3v) is 3.23. The van der Waals surface area contributed by atoms with Crippen molar-refractivity contribution in [2.75, 3.05) is 6.61 Å². The number of non-ortho nitro benzene ring substituents is 1. The topological polar surface area (TPSA) is 93.8 Å². The zero-order valence-electron chi connectivity index (χ0n) is 13.4. The van der Waals surface area contributed by atoms with E-state index in [0.717, 1.165) is 0 Å². The Labute approximate surface area is 139 Å². The van der Waals surface area contributed by atoms with Crippen LogP contribution in [0, 0.1) is 10.1 Å². The predicted octanol–water partition coefficient (Wildman–Crippen LogP) is 3.15. The van der Waals surface area contributed by atoms with Gasteiger partial charge < -0.3 is 4.74 Å². The van der Waals surface area contributed by atoms with E-state index in [1.807, 2.05) is 6.92 Å². The minimum absolute atomic E-state index is 0.0279. The first kappa shape index (κ1) is 17.1. The molecule has 0 radical (unpaired) electrons. The Morgan fingerprint density at radius 1 is 1.21 bits per heavy atom. The molecular weight excluding hydrogens is 310 g/mol. The average molecular weight is 327 g/mol. The number of hydrazone groups is 1. The van der Waals surface area contributed by atoms with Crippen molar-refractivity contribution >= 4 is 17.3 Å². The number of benzene rings is 2. The lowest BCUT2D eigenvalue weighted by molar-refractivity contribution is -0.384. The molecule has 0 saturated heterocycles. The molecule has 1 amide bonds. The van der Waals surface area contributed by atoms with Gasteiger partial charge in [-0.2, -0.15) is 5.10 Å². The van der Waals surface area contributed by atoms with Crippen LogP contribution in [-0.4, -0.2) is 23.1 Å². The van der Waals surface area contributed by atoms with E-state index in [1.165, 1.54) is 12.1 Å². The molecule has 0 aromatic heterocycles. The summed E-state index contributed by atoms with van der Waals surface area (Å²) < 4.78 is 5.31. The van der Waals surface area contributed by atoms with Gasteiger partial charge in [-0.3, -0.25) is 14.9 Å². The molecule has 2 aromatic carbocycles. The number of ether oxygens (including phenoxy) is 1. The summed E-state index contributed by atoms with van der Waals surface area (Å²) >= 11 is 0. The summed E-state index contributed by atoms with van der Waals surface area (Å²) in [4.78, 5) is 22.4. The van der Waals surface area contributed by atoms with E-state index in [2.05, 4.69) is 10.5 Å². The summed E-state index contributed by atoms with van der Waals surface area (Å²) in [5.41, 5.74) is 3.88. The number of nitro benzene ring substituents is 1. The van der Waals surface area contributed by atoms with Crippen LogP contribution in [0.25, 0.3) is 0 Å². The van der Waals surface area contributed by atoms with Crippen LogP contribution in [0.1, 0.15) is 29.8 Å². The standard InChI is InChI=1S/C17H17N3O4/c1-3-24-16-9-7-13(8-10-16)17(21)19-18-12(2)14-5-4-6-15(11-14)20(22)23/h4-11H,3H2,1-2H3,(H,19,21)/b18-12-. The van der Waals surface area contributed by atoms with Gasteiger partial charge in [-0.15, -0.1) is 0 Å². The van der Waals surface area contributed by atoms with Gasteiger partial charge in [0.2, 0.25) is 0 Å². The van der Waals surface area contributed by atoms with E-state index < -0.39 is 4.92 Å². The Kier molecular flexibility index (Phi) is 5.62. The van der Waals surface area contributed by atoms with E-state index in [0.29, 0.717) is 29.2 Å². The van der Waals surface area contributed by atoms with Crippen LogP contribution < -0.4 is 10.2 Å². The summed E-state index contributed by atoms with van der Waals surface area (Å²) in [5.74, 6) is 0.313. The highest BCUT2D eigenvalue weighted by atomic mass is 16.6. The molecule has 0 aliphatic carbocycles. The molecule has 0 spiro atoms. The SMILES string of the molecule is CCOc1ccc(C(=O)N/N=C(/C)c2cccc([N+](=O)[O-])c2)cc1. The number of nitro groups is 1. The van der Waals surface area contributed by atoms with E-state index in [-0.39, 0.29) is 11.6 Å². The first-order valence-electron chi connectivity index (χ1n) is 7.33. The van der Waals surface area contributed by atoms with E-state index >= 15 is 0 Å². The minimum atomic E-state index is -0.477. The molecule has 2 aromatic rings. The molecule has 1 N–H and O–H groups in total. The quantitative estimate of drug-likeness (QED) is 0.501. The molecule has 0 aliphatic rings. The highest BCUT2D eigenvalue weighted by Crippen LogP contribution is 2.14. The summed E-state index contributed by atoms with van der Waals surface area (Å²) in [7, 11) is 0. The van der Waals surface area contributed by atoms with Crippen LogP contribution >= 0.6 is 0 Å². The predicted molar refractivity (Wildman–Crippen MR) is 90.4 cm³/mol. The summed E-state index contributed by atoms with van der Waals surface area (Å²) in [6.07, 6.45) is 0. The third kappa shape index (κ3) is 4.39. The van der Waals surface area contributed by atoms with Gasteiger partial charge in [-0.1, -0.05) is 12.1 Å². The normalized spacial score (nSPS) is 11.0. The van der Waals surface area contributed by atoms with Crippen molar-refractivity contribution in [1.82, 2.24) is 5.43 Å². The van der Waals surface area contributed by atoms with Crippen molar-refractivity contribution in [2.45, 2.75) is 13.8 Å². The van der Waals surface area contributed by atoms with Gasteiger partial charge in [0.25, 0.3) is 11.6 Å². The second-order valence-corrected chi connectivity index (χ2v) is 4.90. The molecule has 0 atom stereocenters. The minimum Gasteiger partial charge on any atom is -0.494 e. The zero-order valence-corrected chi connectivity index (χ0v) is 13.4. The largest absolute Gasteiger partial charge is 0.494 e. The van der Waals surface area contributed by atoms with E-state index in [1.54, 1.807) is 43.3 Å². The van der Waals surface area contributed by atoms with Crippen molar-refractivity contribution < 1.29 is 14.5 Å². The van der Waals surface area contributed by atoms with Crippen LogP contribution in [0.5, 0.6) is 5.75 Å². The van der Waals surface area contributed by atoms with Crippen LogP contribution in [0.4, 0.5) is 5.69 Å². The molecule has 7 heteroatoms. The molecule has 0 fully saturated rings. The summed E-state index contributed by atoms with van der Waals surface area (Å²) in [6.45, 7) is 4.10. The van der Waals surface area contributed by atoms with E-state index in [4.69, 9.17) is 4.74 Å². The lowest BCUT2D eigenvalue weighted by Crippen LogP contribution is -2.19. The highest BCUT2D eigenvalue weighted by Gasteiger charge is 2.09. The second-order valence-electron chi connectivity index (χ2n) is 4.90. The zero-order chi connectivity index (χ0) is 17.5. The van der Waals surface area contributed by atoms with Crippen LogP contribution in [-0.2, 0) is 0 Å². The fourth-order valence-corrected chi connectivity index (χ4v) is 1.98. The molecule has 0 saturated carbocycles. The Morgan fingerprint density at radius 2 is 1.92 bits per heavy atom. The molecule has 0 aliphatic heterocycles. The Morgan fingerprint density at radius 3 is 2.54 bits per heavy atom. The highest BCUT2D eigenvalue weighted by molar-refractivity contribution is 6.01. The first-order valence-corrected chi connectivity index (χ1v) is 7.33. The number of rotatable bonds is 6. The fraction of sp³-hybridized carbons (Fsp3) is 0.176. The maximum atomic E-state index is 12.1. The maximum Gasteiger partial charge on any atom is 0.271 e. The van der Waals surface area contributed by atoms with Crippen molar-refractivity contribution in [3.63, 3.8) is 0 Å². The number of nitrogens with zero attached hydrogens (tertiary/aromatic N) is 2. The first-order chi connectivity index (χ1) is 11.5. The summed E-state index contributed by atoms with van der Waals surface area (Å²) in [5, 5.41) is 14.8. The maximum absolute atomic E-state index is 12.1. The molecule has 0 unspecified atom stereocenters. The van der Waals surface area contributed by atoms with Crippen molar-refractivity contribution in [2.24, 2.45) is 5.10 Å². The fourth-order valence-electron chi connectivity index (χ4n) is 1.98. The van der Waals surface area contributed by atoms with Crippen LogP contribution in [0.15, 0.2) is 53.6 Å². The van der Waals surface area contributed by atoms with Crippen LogP contribution in [0.3, 0.4) is 0 Å². The molecule has 2 rings (SSSR count). The molecule has 0 heterocycles. The molecule has 0 bridgehead atoms. The number of amides is 1. The van der Waals surface area contributed by atoms with Crippen molar-refractivity contribution in [3.05, 3.63) is 69.8 Å². The van der Waals surface area contributed by atoms with Gasteiger partial charge >= 0.3 is 0 Å². The van der Waals surface area contributed by atoms with Gasteiger partial charge in [0.05, 0.1) is 17.2 Å². The summed E-state index contributed by atoms with van der Waals surface area (Å²) in [6, 6.07) is 12.7. The van der Waals surface area contributed by atoms with Crippen molar-refractivity contribution in [3.8, 4) is 5.75 Å². The van der Waals surface area contributed by atoms with Gasteiger partial charge in [0.15, 0.2) is 0 Å².